The molecular weight excluding hydrogens is 645 g/mol. The van der Waals surface area contributed by atoms with Crippen molar-refractivity contribution in [1.29, 1.82) is 0 Å². The van der Waals surface area contributed by atoms with E-state index in [0.717, 1.165) is 42.0 Å². The molecule has 6 rings (SSSR count). The summed E-state index contributed by atoms with van der Waals surface area (Å²) in [7, 11) is -4.30. The molecule has 1 heterocycles. The van der Waals surface area contributed by atoms with Gasteiger partial charge in [-0.2, -0.15) is 0 Å². The fourth-order valence-corrected chi connectivity index (χ4v) is 7.77. The maximum atomic E-state index is 15.2. The summed E-state index contributed by atoms with van der Waals surface area (Å²) >= 11 is 0. The molecule has 0 saturated heterocycles. The zero-order chi connectivity index (χ0) is 34.2. The normalized spacial score (nSPS) is 15.2. The number of carbonyl (C=O) groups is 2. The molecule has 0 radical (unpaired) electrons. The number of fused-ring (bicyclic) bond motifs is 1. The molecule has 256 valence electrons. The second-order valence-corrected chi connectivity index (χ2v) is 14.2. The van der Waals surface area contributed by atoms with Crippen molar-refractivity contribution in [3.05, 3.63) is 120 Å². The van der Waals surface area contributed by atoms with Crippen molar-refractivity contribution < 1.29 is 31.9 Å². The number of nitrogens with one attached hydrogen (secondary N) is 1. The number of anilines is 1. The van der Waals surface area contributed by atoms with Gasteiger partial charge in [0.15, 0.2) is 11.5 Å². The van der Waals surface area contributed by atoms with Crippen LogP contribution in [-0.4, -0.2) is 57.0 Å². The smallest absolute Gasteiger partial charge is 0.264 e. The third-order valence-electron chi connectivity index (χ3n) is 8.94. The van der Waals surface area contributed by atoms with E-state index in [1.165, 1.54) is 29.2 Å². The summed E-state index contributed by atoms with van der Waals surface area (Å²) in [6.45, 7) is -0.267. The van der Waals surface area contributed by atoms with Gasteiger partial charge in [0.25, 0.3) is 10.0 Å². The van der Waals surface area contributed by atoms with Crippen LogP contribution in [0.3, 0.4) is 0 Å². The van der Waals surface area contributed by atoms with Crippen LogP contribution in [0.5, 0.6) is 11.5 Å². The fourth-order valence-electron chi connectivity index (χ4n) is 6.34. The van der Waals surface area contributed by atoms with E-state index in [2.05, 4.69) is 5.32 Å². The Morgan fingerprint density at radius 3 is 2.18 bits per heavy atom. The number of ether oxygens (including phenoxy) is 2. The lowest BCUT2D eigenvalue weighted by molar-refractivity contribution is -0.140. The summed E-state index contributed by atoms with van der Waals surface area (Å²) in [5, 5.41) is 3.16. The first-order valence-electron chi connectivity index (χ1n) is 16.6. The van der Waals surface area contributed by atoms with Crippen LogP contribution in [0.4, 0.5) is 10.1 Å². The average molecular weight is 686 g/mol. The van der Waals surface area contributed by atoms with E-state index in [-0.39, 0.29) is 47.7 Å². The van der Waals surface area contributed by atoms with Gasteiger partial charge in [-0.15, -0.1) is 0 Å². The Labute approximate surface area is 286 Å². The number of hydrogen-bond donors (Lipinski definition) is 1. The molecule has 2 aliphatic rings. The molecule has 0 aromatic heterocycles. The first-order valence-corrected chi connectivity index (χ1v) is 18.1. The number of halogens is 1. The van der Waals surface area contributed by atoms with Gasteiger partial charge in [-0.3, -0.25) is 13.9 Å². The number of carbonyl (C=O) groups excluding carboxylic acids is 2. The molecule has 1 saturated carbocycles. The number of benzene rings is 4. The maximum Gasteiger partial charge on any atom is 0.264 e. The van der Waals surface area contributed by atoms with Gasteiger partial charge in [0, 0.05) is 30.6 Å². The summed E-state index contributed by atoms with van der Waals surface area (Å²) in [4.78, 5) is 30.2. The lowest BCUT2D eigenvalue weighted by atomic mass is 9.94. The van der Waals surface area contributed by atoms with Crippen LogP contribution in [0.1, 0.15) is 43.2 Å². The molecular formula is C38H40FN3O6S. The third kappa shape index (κ3) is 8.22. The maximum absolute atomic E-state index is 15.2. The quantitative estimate of drug-likeness (QED) is 0.200. The molecule has 1 atom stereocenters. The number of hydrogen-bond acceptors (Lipinski definition) is 6. The second kappa shape index (κ2) is 15.5. The Bertz CT molecular complexity index is 1850. The van der Waals surface area contributed by atoms with E-state index in [9.17, 15) is 18.0 Å². The Kier molecular flexibility index (Phi) is 10.8. The lowest BCUT2D eigenvalue weighted by Crippen LogP contribution is -2.55. The summed E-state index contributed by atoms with van der Waals surface area (Å²) in [5.74, 6) is -0.759. The van der Waals surface area contributed by atoms with E-state index in [4.69, 9.17) is 9.47 Å². The van der Waals surface area contributed by atoms with Gasteiger partial charge < -0.3 is 19.7 Å². The van der Waals surface area contributed by atoms with Gasteiger partial charge in [0.2, 0.25) is 11.8 Å². The highest BCUT2D eigenvalue weighted by atomic mass is 32.2. The first kappa shape index (κ1) is 34.0. The van der Waals surface area contributed by atoms with Crippen LogP contribution in [-0.2, 0) is 32.6 Å². The Morgan fingerprint density at radius 1 is 0.816 bits per heavy atom. The highest BCUT2D eigenvalue weighted by Crippen LogP contribution is 2.36. The SMILES string of the molecule is O=C(NC1CCCCC1)[C@H](Cc1ccccc1)N(Cc1ccccc1F)C(=O)CN(c1ccc2c(c1)OCCO2)S(=O)(=O)c1ccccc1. The molecule has 1 fully saturated rings. The zero-order valence-electron chi connectivity index (χ0n) is 27.2. The van der Waals surface area contributed by atoms with Crippen molar-refractivity contribution >= 4 is 27.5 Å². The van der Waals surface area contributed by atoms with Crippen LogP contribution in [0.25, 0.3) is 0 Å². The van der Waals surface area contributed by atoms with Crippen LogP contribution in [0.15, 0.2) is 108 Å². The van der Waals surface area contributed by atoms with Gasteiger partial charge >= 0.3 is 0 Å². The summed E-state index contributed by atoms with van der Waals surface area (Å²) in [5.41, 5.74) is 1.19. The summed E-state index contributed by atoms with van der Waals surface area (Å²) in [6.07, 6.45) is 4.90. The molecule has 9 nitrogen and oxygen atoms in total. The van der Waals surface area contributed by atoms with E-state index in [1.54, 1.807) is 48.5 Å². The van der Waals surface area contributed by atoms with Crippen LogP contribution in [0.2, 0.25) is 0 Å². The van der Waals surface area contributed by atoms with Crippen molar-refractivity contribution in [2.75, 3.05) is 24.1 Å². The summed E-state index contributed by atoms with van der Waals surface area (Å²) in [6, 6.07) is 26.8. The zero-order valence-corrected chi connectivity index (χ0v) is 28.0. The molecule has 4 aromatic carbocycles. The number of nitrogens with zero attached hydrogens (tertiary/aromatic N) is 2. The molecule has 0 spiro atoms. The predicted octanol–water partition coefficient (Wildman–Crippen LogP) is 5.88. The first-order chi connectivity index (χ1) is 23.8. The van der Waals surface area contributed by atoms with E-state index < -0.39 is 34.3 Å². The van der Waals surface area contributed by atoms with Gasteiger partial charge in [-0.05, 0) is 48.7 Å². The topological polar surface area (TPSA) is 105 Å². The van der Waals surface area contributed by atoms with Crippen LogP contribution < -0.4 is 19.1 Å². The number of amides is 2. The summed E-state index contributed by atoms with van der Waals surface area (Å²) < 4.78 is 56.2. The van der Waals surface area contributed by atoms with Gasteiger partial charge in [-0.25, -0.2) is 12.8 Å². The average Bonchev–Trinajstić information content (AvgIpc) is 3.13. The minimum atomic E-state index is -4.30. The van der Waals surface area contributed by atoms with Crippen LogP contribution >= 0.6 is 0 Å². The van der Waals surface area contributed by atoms with Crippen molar-refractivity contribution in [2.24, 2.45) is 0 Å². The van der Waals surface area contributed by atoms with Crippen LogP contribution in [0, 0.1) is 5.82 Å². The van der Waals surface area contributed by atoms with E-state index >= 15 is 4.39 Å². The van der Waals surface area contributed by atoms with Gasteiger partial charge in [0.05, 0.1) is 10.6 Å². The Balaban J connectivity index is 1.41. The monoisotopic (exact) mass is 685 g/mol. The van der Waals surface area contributed by atoms with E-state index in [1.807, 2.05) is 30.3 Å². The van der Waals surface area contributed by atoms with Crippen molar-refractivity contribution in [3.8, 4) is 11.5 Å². The molecule has 49 heavy (non-hydrogen) atoms. The van der Waals surface area contributed by atoms with E-state index in [0.29, 0.717) is 18.1 Å². The standard InChI is InChI=1S/C38H40FN3O6S/c39-33-19-11-10-14-29(33)26-41(34(24-28-12-4-1-5-13-28)38(44)40-30-15-6-2-7-16-30)37(43)27-42(49(45,46)32-17-8-3-9-18-32)31-20-21-35-36(25-31)48-23-22-47-35/h1,3-5,8-14,17-21,25,30,34H,2,6-7,15-16,22-24,26-27H2,(H,40,44)/t34-/m0/s1. The lowest BCUT2D eigenvalue weighted by Gasteiger charge is -2.35. The third-order valence-corrected chi connectivity index (χ3v) is 10.7. The van der Waals surface area contributed by atoms with Crippen molar-refractivity contribution in [2.45, 2.75) is 62.0 Å². The predicted molar refractivity (Wildman–Crippen MR) is 184 cm³/mol. The molecule has 1 N–H and O–H groups in total. The van der Waals surface area contributed by atoms with Gasteiger partial charge in [-0.1, -0.05) is 86.0 Å². The minimum Gasteiger partial charge on any atom is -0.486 e. The molecule has 0 unspecified atom stereocenters. The molecule has 11 heteroatoms. The molecule has 1 aliphatic carbocycles. The molecule has 2 amide bonds. The molecule has 0 bridgehead atoms. The molecule has 4 aromatic rings. The van der Waals surface area contributed by atoms with Gasteiger partial charge in [0.1, 0.15) is 31.6 Å². The van der Waals surface area contributed by atoms with Crippen molar-refractivity contribution in [1.82, 2.24) is 10.2 Å². The molecule has 1 aliphatic heterocycles. The number of rotatable bonds is 12. The highest BCUT2D eigenvalue weighted by Gasteiger charge is 2.36. The fraction of sp³-hybridized carbons (Fsp3) is 0.316. The number of sulfonamides is 1. The Hall–Kier alpha value is -4.90. The minimum absolute atomic E-state index is 0.0192. The second-order valence-electron chi connectivity index (χ2n) is 12.3. The Morgan fingerprint density at radius 2 is 1.47 bits per heavy atom. The van der Waals surface area contributed by atoms with Crippen molar-refractivity contribution in [3.63, 3.8) is 0 Å². The largest absolute Gasteiger partial charge is 0.486 e. The highest BCUT2D eigenvalue weighted by molar-refractivity contribution is 7.92.